The molecule has 0 aliphatic rings. The molecular formula is C14H13N3O2. The van der Waals surface area contributed by atoms with Gasteiger partial charge in [0.25, 0.3) is 5.91 Å². The zero-order chi connectivity index (χ0) is 13.4. The number of hydrogen-bond donors (Lipinski definition) is 1. The van der Waals surface area contributed by atoms with Gasteiger partial charge in [-0.1, -0.05) is 18.2 Å². The van der Waals surface area contributed by atoms with Crippen molar-refractivity contribution in [2.75, 3.05) is 5.32 Å². The number of rotatable bonds is 2. The predicted molar refractivity (Wildman–Crippen MR) is 72.1 cm³/mol. The second-order valence-corrected chi connectivity index (χ2v) is 4.40. The molecule has 0 aliphatic carbocycles. The Balaban J connectivity index is 1.89. The van der Waals surface area contributed by atoms with E-state index >= 15 is 0 Å². The lowest BCUT2D eigenvalue weighted by Gasteiger charge is -2.02. The number of carbonyl (C=O) groups is 1. The second kappa shape index (κ2) is 4.28. The lowest BCUT2D eigenvalue weighted by molar-refractivity contribution is 0.0998. The summed E-state index contributed by atoms with van der Waals surface area (Å²) in [6.07, 6.45) is 0. The van der Waals surface area contributed by atoms with Crippen molar-refractivity contribution in [3.8, 4) is 0 Å². The highest BCUT2D eigenvalue weighted by Crippen LogP contribution is 2.20. The first-order valence-electron chi connectivity index (χ1n) is 5.94. The standard InChI is InChI=1S/C14H13N3O2/c1-9-7-13(17(2)16-9)15-14(18)12-8-10-5-3-4-6-11(10)19-12/h3-8H,1-2H3,(H,15,18). The summed E-state index contributed by atoms with van der Waals surface area (Å²) in [5, 5.41) is 7.86. The molecule has 3 rings (SSSR count). The normalized spacial score (nSPS) is 10.8. The number of hydrogen-bond acceptors (Lipinski definition) is 3. The molecule has 1 amide bonds. The Morgan fingerprint density at radius 1 is 1.32 bits per heavy atom. The van der Waals surface area contributed by atoms with E-state index in [4.69, 9.17) is 4.42 Å². The summed E-state index contributed by atoms with van der Waals surface area (Å²) in [6.45, 7) is 1.87. The van der Waals surface area contributed by atoms with Gasteiger partial charge in [0.1, 0.15) is 11.4 Å². The van der Waals surface area contributed by atoms with Gasteiger partial charge in [-0.15, -0.1) is 0 Å². The Hall–Kier alpha value is -2.56. The monoisotopic (exact) mass is 255 g/mol. The molecule has 5 nitrogen and oxygen atoms in total. The number of nitrogens with one attached hydrogen (secondary N) is 1. The predicted octanol–water partition coefficient (Wildman–Crippen LogP) is 2.73. The van der Waals surface area contributed by atoms with Crippen LogP contribution in [0.25, 0.3) is 11.0 Å². The third kappa shape index (κ3) is 2.10. The van der Waals surface area contributed by atoms with Crippen molar-refractivity contribution >= 4 is 22.7 Å². The minimum Gasteiger partial charge on any atom is -0.451 e. The van der Waals surface area contributed by atoms with Gasteiger partial charge in [0.15, 0.2) is 5.76 Å². The molecule has 0 saturated carbocycles. The van der Waals surface area contributed by atoms with Gasteiger partial charge in [-0.2, -0.15) is 5.10 Å². The quantitative estimate of drug-likeness (QED) is 0.766. The van der Waals surface area contributed by atoms with Crippen LogP contribution in [0.1, 0.15) is 16.2 Å². The van der Waals surface area contributed by atoms with Gasteiger partial charge in [0.05, 0.1) is 5.69 Å². The van der Waals surface area contributed by atoms with Gasteiger partial charge in [-0.25, -0.2) is 0 Å². The Bertz CT molecular complexity index is 722. The van der Waals surface area contributed by atoms with E-state index in [2.05, 4.69) is 10.4 Å². The molecule has 0 radical (unpaired) electrons. The summed E-state index contributed by atoms with van der Waals surface area (Å²) in [5.41, 5.74) is 1.55. The maximum absolute atomic E-state index is 12.1. The van der Waals surface area contributed by atoms with Crippen LogP contribution >= 0.6 is 0 Å². The van der Waals surface area contributed by atoms with Crippen LogP contribution in [0.5, 0.6) is 0 Å². The van der Waals surface area contributed by atoms with Gasteiger partial charge in [-0.05, 0) is 19.1 Å². The van der Waals surface area contributed by atoms with E-state index in [0.717, 1.165) is 11.1 Å². The molecule has 0 saturated heterocycles. The first-order valence-corrected chi connectivity index (χ1v) is 5.94. The Labute approximate surface area is 109 Å². The smallest absolute Gasteiger partial charge is 0.292 e. The summed E-state index contributed by atoms with van der Waals surface area (Å²) < 4.78 is 7.13. The van der Waals surface area contributed by atoms with Crippen LogP contribution in [0.2, 0.25) is 0 Å². The number of para-hydroxylation sites is 1. The lowest BCUT2D eigenvalue weighted by atomic mass is 10.2. The molecule has 5 heteroatoms. The summed E-state index contributed by atoms with van der Waals surface area (Å²) >= 11 is 0. The van der Waals surface area contributed by atoms with Crippen molar-refractivity contribution in [3.63, 3.8) is 0 Å². The van der Waals surface area contributed by atoms with Crippen molar-refractivity contribution < 1.29 is 9.21 Å². The molecule has 0 atom stereocenters. The van der Waals surface area contributed by atoms with E-state index < -0.39 is 0 Å². The third-order valence-electron chi connectivity index (χ3n) is 2.89. The van der Waals surface area contributed by atoms with E-state index in [1.807, 2.05) is 31.2 Å². The summed E-state index contributed by atoms with van der Waals surface area (Å²) in [4.78, 5) is 12.1. The fourth-order valence-corrected chi connectivity index (χ4v) is 2.00. The van der Waals surface area contributed by atoms with Crippen LogP contribution in [0.3, 0.4) is 0 Å². The molecule has 0 aliphatic heterocycles. The molecule has 0 bridgehead atoms. The van der Waals surface area contributed by atoms with E-state index in [-0.39, 0.29) is 5.91 Å². The minimum atomic E-state index is -0.279. The van der Waals surface area contributed by atoms with Crippen molar-refractivity contribution in [2.45, 2.75) is 6.92 Å². The molecule has 0 spiro atoms. The average Bonchev–Trinajstić information content (AvgIpc) is 2.93. The van der Waals surface area contributed by atoms with Gasteiger partial charge < -0.3 is 9.73 Å². The third-order valence-corrected chi connectivity index (χ3v) is 2.89. The number of aryl methyl sites for hydroxylation is 2. The first-order chi connectivity index (χ1) is 9.13. The van der Waals surface area contributed by atoms with Crippen molar-refractivity contribution in [3.05, 3.63) is 47.9 Å². The maximum Gasteiger partial charge on any atom is 0.292 e. The van der Waals surface area contributed by atoms with Crippen molar-refractivity contribution in [1.29, 1.82) is 0 Å². The Morgan fingerprint density at radius 3 is 2.79 bits per heavy atom. The molecule has 2 aromatic heterocycles. The van der Waals surface area contributed by atoms with Crippen LogP contribution < -0.4 is 5.32 Å². The highest BCUT2D eigenvalue weighted by molar-refractivity contribution is 6.04. The van der Waals surface area contributed by atoms with Crippen LogP contribution in [0.15, 0.2) is 40.8 Å². The van der Waals surface area contributed by atoms with Gasteiger partial charge in [0, 0.05) is 18.5 Å². The molecule has 0 unspecified atom stereocenters. The number of nitrogens with zero attached hydrogens (tertiary/aromatic N) is 2. The minimum absolute atomic E-state index is 0.279. The van der Waals surface area contributed by atoms with E-state index in [0.29, 0.717) is 17.2 Å². The van der Waals surface area contributed by atoms with Crippen LogP contribution in [-0.4, -0.2) is 15.7 Å². The zero-order valence-electron chi connectivity index (χ0n) is 10.7. The Kier molecular flexibility index (Phi) is 2.59. The topological polar surface area (TPSA) is 60.1 Å². The molecule has 1 N–H and O–H groups in total. The van der Waals surface area contributed by atoms with E-state index in [9.17, 15) is 4.79 Å². The summed E-state index contributed by atoms with van der Waals surface area (Å²) in [7, 11) is 1.78. The fraction of sp³-hybridized carbons (Fsp3) is 0.143. The van der Waals surface area contributed by atoms with Gasteiger partial charge >= 0.3 is 0 Å². The zero-order valence-corrected chi connectivity index (χ0v) is 10.7. The molecule has 2 heterocycles. The highest BCUT2D eigenvalue weighted by atomic mass is 16.3. The Morgan fingerprint density at radius 2 is 2.11 bits per heavy atom. The van der Waals surface area contributed by atoms with E-state index in [1.54, 1.807) is 23.9 Å². The summed E-state index contributed by atoms with van der Waals surface area (Å²) in [5.74, 6) is 0.655. The molecule has 1 aromatic carbocycles. The number of aromatic nitrogens is 2. The fourth-order valence-electron chi connectivity index (χ4n) is 2.00. The SMILES string of the molecule is Cc1cc(NC(=O)c2cc3ccccc3o2)n(C)n1. The number of fused-ring (bicyclic) bond motifs is 1. The second-order valence-electron chi connectivity index (χ2n) is 4.40. The number of anilines is 1. The number of furan rings is 1. The van der Waals surface area contributed by atoms with Crippen molar-refractivity contribution in [2.24, 2.45) is 7.05 Å². The van der Waals surface area contributed by atoms with Gasteiger partial charge in [-0.3, -0.25) is 9.48 Å². The van der Waals surface area contributed by atoms with Crippen molar-refractivity contribution in [1.82, 2.24) is 9.78 Å². The van der Waals surface area contributed by atoms with Crippen LogP contribution in [-0.2, 0) is 7.05 Å². The molecular weight excluding hydrogens is 242 g/mol. The molecule has 19 heavy (non-hydrogen) atoms. The number of benzene rings is 1. The average molecular weight is 255 g/mol. The number of amides is 1. The molecule has 3 aromatic rings. The lowest BCUT2D eigenvalue weighted by Crippen LogP contribution is -2.13. The summed E-state index contributed by atoms with van der Waals surface area (Å²) in [6, 6.07) is 11.1. The van der Waals surface area contributed by atoms with Crippen LogP contribution in [0, 0.1) is 6.92 Å². The first kappa shape index (κ1) is 11.5. The maximum atomic E-state index is 12.1. The highest BCUT2D eigenvalue weighted by Gasteiger charge is 2.14. The van der Waals surface area contributed by atoms with Gasteiger partial charge in [0.2, 0.25) is 0 Å². The largest absolute Gasteiger partial charge is 0.451 e. The molecule has 96 valence electrons. The number of carbonyl (C=O) groups excluding carboxylic acids is 1. The van der Waals surface area contributed by atoms with E-state index in [1.165, 1.54) is 0 Å². The van der Waals surface area contributed by atoms with Crippen LogP contribution in [0.4, 0.5) is 5.82 Å². The molecule has 0 fully saturated rings.